The number of methoxy groups -OCH3 is 1. The minimum atomic E-state index is -1.24. The lowest BCUT2D eigenvalue weighted by molar-refractivity contribution is -0.147. The summed E-state index contributed by atoms with van der Waals surface area (Å²) in [6.45, 7) is 7.83. The van der Waals surface area contributed by atoms with Gasteiger partial charge in [0.1, 0.15) is 5.54 Å². The highest BCUT2D eigenvalue weighted by Crippen LogP contribution is 2.17. The number of rotatable bonds is 7. The zero-order valence-electron chi connectivity index (χ0n) is 12.8. The highest BCUT2D eigenvalue weighted by molar-refractivity contribution is 5.85. The van der Waals surface area contributed by atoms with Gasteiger partial charge in [-0.05, 0) is 27.2 Å². The molecule has 0 fully saturated rings. The third-order valence-corrected chi connectivity index (χ3v) is 3.55. The van der Waals surface area contributed by atoms with Crippen molar-refractivity contribution in [1.82, 2.24) is 9.80 Å². The summed E-state index contributed by atoms with van der Waals surface area (Å²) >= 11 is 0. The zero-order chi connectivity index (χ0) is 15.2. The Morgan fingerprint density at radius 2 is 1.89 bits per heavy atom. The maximum absolute atomic E-state index is 12.4. The number of carbonyl (C=O) groups excluding carboxylic acids is 1. The van der Waals surface area contributed by atoms with Gasteiger partial charge >= 0.3 is 12.0 Å². The van der Waals surface area contributed by atoms with Gasteiger partial charge < -0.3 is 19.6 Å². The van der Waals surface area contributed by atoms with E-state index in [2.05, 4.69) is 0 Å². The van der Waals surface area contributed by atoms with Crippen LogP contribution in [0.3, 0.4) is 0 Å². The van der Waals surface area contributed by atoms with Crippen molar-refractivity contribution in [2.45, 2.75) is 45.7 Å². The van der Waals surface area contributed by atoms with Gasteiger partial charge in [-0.3, -0.25) is 0 Å². The predicted molar refractivity (Wildman–Crippen MR) is 73.2 cm³/mol. The van der Waals surface area contributed by atoms with Crippen molar-refractivity contribution in [3.8, 4) is 0 Å². The van der Waals surface area contributed by atoms with Crippen molar-refractivity contribution in [2.75, 3.05) is 27.3 Å². The van der Waals surface area contributed by atoms with Crippen molar-refractivity contribution < 1.29 is 19.4 Å². The molecule has 112 valence electrons. The second-order valence-electron chi connectivity index (χ2n) is 5.15. The number of ether oxygens (including phenoxy) is 1. The molecule has 0 radical (unpaired) electrons. The number of carboxylic acids is 1. The third-order valence-electron chi connectivity index (χ3n) is 3.55. The molecular formula is C13H26N2O4. The number of urea groups is 1. The Balaban J connectivity index is 5.03. The van der Waals surface area contributed by atoms with Crippen molar-refractivity contribution in [2.24, 2.45) is 0 Å². The molecule has 0 saturated carbocycles. The van der Waals surface area contributed by atoms with E-state index >= 15 is 0 Å². The summed E-state index contributed by atoms with van der Waals surface area (Å²) in [4.78, 5) is 26.5. The van der Waals surface area contributed by atoms with Crippen molar-refractivity contribution in [1.29, 1.82) is 0 Å². The molecule has 2 amide bonds. The Hall–Kier alpha value is -1.30. The van der Waals surface area contributed by atoms with E-state index in [-0.39, 0.29) is 12.1 Å². The molecule has 0 aromatic rings. The van der Waals surface area contributed by atoms with Crippen molar-refractivity contribution in [3.63, 3.8) is 0 Å². The van der Waals surface area contributed by atoms with E-state index in [1.807, 2.05) is 13.8 Å². The summed E-state index contributed by atoms with van der Waals surface area (Å²) in [5, 5.41) is 9.18. The molecule has 1 atom stereocenters. The van der Waals surface area contributed by atoms with Gasteiger partial charge in [0.15, 0.2) is 0 Å². The highest BCUT2D eigenvalue weighted by Gasteiger charge is 2.37. The van der Waals surface area contributed by atoms with Gasteiger partial charge in [-0.2, -0.15) is 0 Å². The quantitative estimate of drug-likeness (QED) is 0.766. The Morgan fingerprint density at radius 1 is 1.37 bits per heavy atom. The minimum Gasteiger partial charge on any atom is -0.480 e. The lowest BCUT2D eigenvalue weighted by atomic mass is 10.0. The number of hydrogen-bond acceptors (Lipinski definition) is 3. The normalized spacial score (nSPS) is 12.9. The molecule has 0 heterocycles. The topological polar surface area (TPSA) is 70.1 Å². The van der Waals surface area contributed by atoms with Crippen molar-refractivity contribution in [3.05, 3.63) is 0 Å². The number of likely N-dealkylation sites (N-methyl/N-ethyl adjacent to an activating group) is 1. The molecule has 0 bridgehead atoms. The summed E-state index contributed by atoms with van der Waals surface area (Å²) in [7, 11) is 3.09. The molecule has 0 aromatic heterocycles. The second kappa shape index (κ2) is 7.33. The molecule has 6 nitrogen and oxygen atoms in total. The molecule has 0 spiro atoms. The van der Waals surface area contributed by atoms with E-state index in [0.29, 0.717) is 13.2 Å². The lowest BCUT2D eigenvalue weighted by Gasteiger charge is -2.38. The van der Waals surface area contributed by atoms with Gasteiger partial charge in [0.2, 0.25) is 0 Å². The van der Waals surface area contributed by atoms with Crippen LogP contribution in [-0.4, -0.2) is 65.8 Å². The van der Waals surface area contributed by atoms with Gasteiger partial charge in [-0.1, -0.05) is 6.92 Å². The maximum atomic E-state index is 12.4. The number of carbonyl (C=O) groups is 2. The third kappa shape index (κ3) is 4.38. The summed E-state index contributed by atoms with van der Waals surface area (Å²) in [5.41, 5.74) is -1.24. The first-order valence-electron chi connectivity index (χ1n) is 6.46. The Morgan fingerprint density at radius 3 is 2.26 bits per heavy atom. The van der Waals surface area contributed by atoms with E-state index in [9.17, 15) is 14.7 Å². The van der Waals surface area contributed by atoms with Crippen LogP contribution in [0.4, 0.5) is 4.79 Å². The molecule has 19 heavy (non-hydrogen) atoms. The average molecular weight is 274 g/mol. The molecule has 0 aliphatic heterocycles. The van der Waals surface area contributed by atoms with E-state index in [1.165, 1.54) is 25.8 Å². The van der Waals surface area contributed by atoms with Gasteiger partial charge in [0, 0.05) is 26.7 Å². The van der Waals surface area contributed by atoms with Crippen LogP contribution in [0.15, 0.2) is 0 Å². The minimum absolute atomic E-state index is 0.0368. The Bertz CT molecular complexity index is 318. The van der Waals surface area contributed by atoms with Gasteiger partial charge in [0.25, 0.3) is 0 Å². The number of nitrogens with zero attached hydrogens (tertiary/aromatic N) is 2. The number of amides is 2. The van der Waals surface area contributed by atoms with E-state index in [0.717, 1.165) is 6.42 Å². The standard InChI is InChI=1S/C13H26N2O4/c1-7-10(2)15(8-9-19-6)12(18)14(5)13(3,4)11(16)17/h10H,7-9H2,1-6H3,(H,16,17). The largest absolute Gasteiger partial charge is 0.480 e. The summed E-state index contributed by atoms with van der Waals surface area (Å²) in [6.07, 6.45) is 0.802. The van der Waals surface area contributed by atoms with Gasteiger partial charge in [-0.25, -0.2) is 9.59 Å². The fourth-order valence-electron chi connectivity index (χ4n) is 1.49. The van der Waals surface area contributed by atoms with Crippen LogP contribution in [0, 0.1) is 0 Å². The molecule has 6 heteroatoms. The second-order valence-corrected chi connectivity index (χ2v) is 5.15. The first-order chi connectivity index (χ1) is 8.69. The highest BCUT2D eigenvalue weighted by atomic mass is 16.5. The fraction of sp³-hybridized carbons (Fsp3) is 0.846. The van der Waals surface area contributed by atoms with Crippen LogP contribution in [0.5, 0.6) is 0 Å². The molecule has 0 aliphatic rings. The van der Waals surface area contributed by atoms with Gasteiger partial charge in [0.05, 0.1) is 6.61 Å². The summed E-state index contributed by atoms with van der Waals surface area (Å²) in [6, 6.07) is -0.256. The summed E-state index contributed by atoms with van der Waals surface area (Å²) in [5.74, 6) is -1.03. The van der Waals surface area contributed by atoms with Crippen LogP contribution in [-0.2, 0) is 9.53 Å². The molecule has 1 unspecified atom stereocenters. The molecule has 0 rings (SSSR count). The average Bonchev–Trinajstić information content (AvgIpc) is 2.37. The van der Waals surface area contributed by atoms with Crippen LogP contribution in [0.1, 0.15) is 34.1 Å². The number of carboxylic acid groups (broad SMARTS) is 1. The lowest BCUT2D eigenvalue weighted by Crippen LogP contribution is -2.57. The van der Waals surface area contributed by atoms with Crippen LogP contribution >= 0.6 is 0 Å². The monoisotopic (exact) mass is 274 g/mol. The van der Waals surface area contributed by atoms with Crippen LogP contribution < -0.4 is 0 Å². The van der Waals surface area contributed by atoms with E-state index in [4.69, 9.17) is 4.74 Å². The first kappa shape index (κ1) is 17.7. The van der Waals surface area contributed by atoms with E-state index in [1.54, 1.807) is 12.0 Å². The molecule has 0 saturated heterocycles. The first-order valence-corrected chi connectivity index (χ1v) is 6.46. The summed E-state index contributed by atoms with van der Waals surface area (Å²) < 4.78 is 5.00. The SMILES string of the molecule is CCC(C)N(CCOC)C(=O)N(C)C(C)(C)C(=O)O. The Kier molecular flexibility index (Phi) is 6.83. The molecular weight excluding hydrogens is 248 g/mol. The van der Waals surface area contributed by atoms with Gasteiger partial charge in [-0.15, -0.1) is 0 Å². The van der Waals surface area contributed by atoms with E-state index < -0.39 is 11.5 Å². The molecule has 1 N–H and O–H groups in total. The predicted octanol–water partition coefficient (Wildman–Crippen LogP) is 1.65. The maximum Gasteiger partial charge on any atom is 0.329 e. The number of hydrogen-bond donors (Lipinski definition) is 1. The van der Waals surface area contributed by atoms with Crippen LogP contribution in [0.2, 0.25) is 0 Å². The Labute approximate surface area is 115 Å². The molecule has 0 aliphatic carbocycles. The smallest absolute Gasteiger partial charge is 0.329 e. The van der Waals surface area contributed by atoms with Crippen molar-refractivity contribution >= 4 is 12.0 Å². The zero-order valence-corrected chi connectivity index (χ0v) is 12.8. The molecule has 0 aromatic carbocycles. The number of aliphatic carboxylic acids is 1. The fourth-order valence-corrected chi connectivity index (χ4v) is 1.49. The van der Waals surface area contributed by atoms with Crippen LogP contribution in [0.25, 0.3) is 0 Å².